The van der Waals surface area contributed by atoms with E-state index in [0.29, 0.717) is 5.82 Å². The summed E-state index contributed by atoms with van der Waals surface area (Å²) >= 11 is 0. The maximum absolute atomic E-state index is 13.0. The fourth-order valence-electron chi connectivity index (χ4n) is 2.75. The molecule has 9 nitrogen and oxygen atoms in total. The summed E-state index contributed by atoms with van der Waals surface area (Å²) < 4.78 is 37.4. The van der Waals surface area contributed by atoms with Gasteiger partial charge in [0.25, 0.3) is 5.91 Å². The summed E-state index contributed by atoms with van der Waals surface area (Å²) in [4.78, 5) is 16.3. The van der Waals surface area contributed by atoms with Gasteiger partial charge in [-0.05, 0) is 25.1 Å². The van der Waals surface area contributed by atoms with Gasteiger partial charge in [0.1, 0.15) is 5.75 Å². The van der Waals surface area contributed by atoms with E-state index >= 15 is 0 Å². The number of carbonyl (C=O) groups excluding carboxylic acids is 1. The van der Waals surface area contributed by atoms with Crippen LogP contribution in [-0.2, 0) is 16.6 Å². The largest absolute Gasteiger partial charge is 0.496 e. The number of nitrogens with one attached hydrogen (secondary N) is 1. The molecule has 0 aliphatic heterocycles. The van der Waals surface area contributed by atoms with E-state index in [9.17, 15) is 13.2 Å². The Kier molecular flexibility index (Phi) is 6.18. The zero-order valence-electron chi connectivity index (χ0n) is 17.0. The molecule has 1 N–H and O–H groups in total. The van der Waals surface area contributed by atoms with Gasteiger partial charge in [-0.1, -0.05) is 35.0 Å². The van der Waals surface area contributed by atoms with Crippen LogP contribution in [0.2, 0.25) is 0 Å². The fourth-order valence-corrected chi connectivity index (χ4v) is 3.90. The summed E-state index contributed by atoms with van der Waals surface area (Å²) in [6.45, 7) is 1.85. The lowest BCUT2D eigenvalue weighted by molar-refractivity contribution is 0.0960. The standard InChI is InChI=1S/C20H22N4O5S/c1-13-5-7-14(8-6-13)19-22-18(29-23-19)12-24(3)30(26,27)15-9-10-17(28-4)16(11-15)20(25)21-2/h5-11H,12H2,1-4H3,(H,21,25). The first-order valence-corrected chi connectivity index (χ1v) is 10.5. The third-order valence-corrected chi connectivity index (χ3v) is 6.29. The van der Waals surface area contributed by atoms with Crippen LogP contribution in [0.25, 0.3) is 11.4 Å². The van der Waals surface area contributed by atoms with Crippen molar-refractivity contribution in [3.8, 4) is 17.1 Å². The van der Waals surface area contributed by atoms with Crippen LogP contribution in [-0.4, -0.2) is 50.0 Å². The Bertz CT molecular complexity index is 1160. The molecule has 158 valence electrons. The first kappa shape index (κ1) is 21.5. The van der Waals surface area contributed by atoms with Gasteiger partial charge in [0.15, 0.2) is 0 Å². The lowest BCUT2D eigenvalue weighted by Crippen LogP contribution is -2.27. The predicted molar refractivity (Wildman–Crippen MR) is 110 cm³/mol. The van der Waals surface area contributed by atoms with Gasteiger partial charge in [-0.2, -0.15) is 9.29 Å². The van der Waals surface area contributed by atoms with E-state index in [1.165, 1.54) is 39.4 Å². The van der Waals surface area contributed by atoms with Crippen LogP contribution in [0, 0.1) is 6.92 Å². The lowest BCUT2D eigenvalue weighted by Gasteiger charge is -2.16. The third kappa shape index (κ3) is 4.34. The highest BCUT2D eigenvalue weighted by molar-refractivity contribution is 7.89. The Morgan fingerprint density at radius 2 is 1.90 bits per heavy atom. The average Bonchev–Trinajstić information content (AvgIpc) is 3.21. The smallest absolute Gasteiger partial charge is 0.254 e. The number of hydrogen-bond acceptors (Lipinski definition) is 7. The van der Waals surface area contributed by atoms with Crippen LogP contribution >= 0.6 is 0 Å². The van der Waals surface area contributed by atoms with Crippen LogP contribution in [0.4, 0.5) is 0 Å². The van der Waals surface area contributed by atoms with Crippen molar-refractivity contribution in [1.29, 1.82) is 0 Å². The second-order valence-corrected chi connectivity index (χ2v) is 8.62. The molecule has 0 saturated heterocycles. The minimum Gasteiger partial charge on any atom is -0.496 e. The summed E-state index contributed by atoms with van der Waals surface area (Å²) in [7, 11) is 0.341. The van der Waals surface area contributed by atoms with E-state index in [-0.39, 0.29) is 28.6 Å². The van der Waals surface area contributed by atoms with Crippen molar-refractivity contribution in [3.63, 3.8) is 0 Å². The van der Waals surface area contributed by atoms with Gasteiger partial charge >= 0.3 is 0 Å². The van der Waals surface area contributed by atoms with Crippen LogP contribution in [0.3, 0.4) is 0 Å². The van der Waals surface area contributed by atoms with E-state index in [2.05, 4.69) is 15.5 Å². The first-order valence-electron chi connectivity index (χ1n) is 9.02. The van der Waals surface area contributed by atoms with Crippen LogP contribution < -0.4 is 10.1 Å². The molecule has 0 saturated carbocycles. The topological polar surface area (TPSA) is 115 Å². The number of aryl methyl sites for hydroxylation is 1. The molecule has 0 bridgehead atoms. The Labute approximate surface area is 174 Å². The number of carbonyl (C=O) groups is 1. The second kappa shape index (κ2) is 8.64. The number of aromatic nitrogens is 2. The molecular formula is C20H22N4O5S. The van der Waals surface area contributed by atoms with Crippen molar-refractivity contribution in [2.24, 2.45) is 0 Å². The number of benzene rings is 2. The number of nitrogens with zero attached hydrogens (tertiary/aromatic N) is 3. The van der Waals surface area contributed by atoms with Gasteiger partial charge < -0.3 is 14.6 Å². The monoisotopic (exact) mass is 430 g/mol. The predicted octanol–water partition coefficient (Wildman–Crippen LogP) is 2.23. The molecule has 0 radical (unpaired) electrons. The molecule has 0 atom stereocenters. The number of methoxy groups -OCH3 is 1. The first-order chi connectivity index (χ1) is 14.3. The van der Waals surface area contributed by atoms with E-state index in [1.807, 2.05) is 31.2 Å². The SMILES string of the molecule is CNC(=O)c1cc(S(=O)(=O)N(C)Cc2nc(-c3ccc(C)cc3)no2)ccc1OC. The van der Waals surface area contributed by atoms with Gasteiger partial charge in [0.2, 0.25) is 21.7 Å². The van der Waals surface area contributed by atoms with Crippen molar-refractivity contribution >= 4 is 15.9 Å². The Hall–Kier alpha value is -3.24. The van der Waals surface area contributed by atoms with Crippen molar-refractivity contribution in [1.82, 2.24) is 19.8 Å². The van der Waals surface area contributed by atoms with E-state index in [0.717, 1.165) is 15.4 Å². The molecule has 3 aromatic rings. The number of amides is 1. The summed E-state index contributed by atoms with van der Waals surface area (Å²) in [5, 5.41) is 6.38. The molecule has 0 spiro atoms. The molecule has 2 aromatic carbocycles. The number of rotatable bonds is 7. The number of ether oxygens (including phenoxy) is 1. The quantitative estimate of drug-likeness (QED) is 0.611. The molecule has 1 amide bonds. The zero-order chi connectivity index (χ0) is 21.9. The molecular weight excluding hydrogens is 408 g/mol. The van der Waals surface area contributed by atoms with E-state index in [4.69, 9.17) is 9.26 Å². The van der Waals surface area contributed by atoms with Crippen LogP contribution in [0.5, 0.6) is 5.75 Å². The molecule has 0 unspecified atom stereocenters. The molecule has 0 fully saturated rings. The molecule has 0 aliphatic rings. The maximum atomic E-state index is 13.0. The minimum atomic E-state index is -3.92. The molecule has 1 heterocycles. The zero-order valence-corrected chi connectivity index (χ0v) is 17.9. The molecule has 0 aliphatic carbocycles. The fraction of sp³-hybridized carbons (Fsp3) is 0.250. The number of sulfonamides is 1. The van der Waals surface area contributed by atoms with Crippen LogP contribution in [0.15, 0.2) is 51.9 Å². The van der Waals surface area contributed by atoms with E-state index in [1.54, 1.807) is 0 Å². The second-order valence-electron chi connectivity index (χ2n) is 6.58. The summed E-state index contributed by atoms with van der Waals surface area (Å²) in [5.74, 6) is 0.348. The average molecular weight is 430 g/mol. The summed E-state index contributed by atoms with van der Waals surface area (Å²) in [6, 6.07) is 11.7. The summed E-state index contributed by atoms with van der Waals surface area (Å²) in [6.07, 6.45) is 0. The van der Waals surface area contributed by atoms with Gasteiger partial charge in [0.05, 0.1) is 24.1 Å². The van der Waals surface area contributed by atoms with Gasteiger partial charge in [-0.15, -0.1) is 0 Å². The minimum absolute atomic E-state index is 0.0531. The Morgan fingerprint density at radius 1 is 1.20 bits per heavy atom. The lowest BCUT2D eigenvalue weighted by atomic mass is 10.1. The third-order valence-electron chi connectivity index (χ3n) is 4.49. The van der Waals surface area contributed by atoms with Crippen molar-refractivity contribution in [2.75, 3.05) is 21.2 Å². The molecule has 30 heavy (non-hydrogen) atoms. The molecule has 3 rings (SSSR count). The normalized spacial score (nSPS) is 11.5. The maximum Gasteiger partial charge on any atom is 0.254 e. The highest BCUT2D eigenvalue weighted by Crippen LogP contribution is 2.25. The Morgan fingerprint density at radius 3 is 2.53 bits per heavy atom. The van der Waals surface area contributed by atoms with Crippen LogP contribution in [0.1, 0.15) is 21.8 Å². The highest BCUT2D eigenvalue weighted by Gasteiger charge is 2.25. The highest BCUT2D eigenvalue weighted by atomic mass is 32.2. The Balaban J connectivity index is 1.84. The van der Waals surface area contributed by atoms with Crippen molar-refractivity contribution < 1.29 is 22.5 Å². The van der Waals surface area contributed by atoms with Crippen molar-refractivity contribution in [3.05, 3.63) is 59.5 Å². The van der Waals surface area contributed by atoms with Crippen molar-refractivity contribution in [2.45, 2.75) is 18.4 Å². The van der Waals surface area contributed by atoms with Gasteiger partial charge in [0, 0.05) is 19.7 Å². The number of hydrogen-bond donors (Lipinski definition) is 1. The van der Waals surface area contributed by atoms with Gasteiger partial charge in [-0.25, -0.2) is 8.42 Å². The summed E-state index contributed by atoms with van der Waals surface area (Å²) in [5.41, 5.74) is 1.99. The van der Waals surface area contributed by atoms with E-state index < -0.39 is 15.9 Å². The van der Waals surface area contributed by atoms with Gasteiger partial charge in [-0.3, -0.25) is 4.79 Å². The molecule has 1 aromatic heterocycles. The molecule has 10 heteroatoms.